The molecule has 60 heavy (non-hydrogen) atoms. The van der Waals surface area contributed by atoms with Gasteiger partial charge in [0.15, 0.2) is 17.5 Å². The van der Waals surface area contributed by atoms with Crippen molar-refractivity contribution >= 4 is 56.9 Å². The molecule has 0 aliphatic carbocycles. The molecule has 0 aliphatic heterocycles. The standard InChI is InChI=1S/C54H41N5Si/c1-60(2,3)43-30-28-42(29-31-43)58-49-21-13-11-19-45(49)47-34-39(25-33-50(47)58)40-24-32-46-44-18-10-12-20-48(44)59(51(46)35-40)41-26-22-38(23-27-41)54-56-52(36-14-6-4-7-15-36)55-53(57-54)37-16-8-5-9-17-37/h4-35H,1-3H3. The highest BCUT2D eigenvalue weighted by Gasteiger charge is 2.19. The van der Waals surface area contributed by atoms with E-state index in [9.17, 15) is 0 Å². The molecule has 8 aromatic carbocycles. The van der Waals surface area contributed by atoms with Crippen LogP contribution < -0.4 is 5.19 Å². The van der Waals surface area contributed by atoms with Crippen LogP contribution >= 0.6 is 0 Å². The SMILES string of the molecule is C[Si](C)(C)c1ccc(-n2c3ccccc3c3cc(-c4ccc5c6ccccc6n(-c6ccc(-c7nc(-c8ccccc8)nc(-c8ccccc8)n7)cc6)c5c4)ccc32)cc1. The molecule has 0 radical (unpaired) electrons. The Morgan fingerprint density at radius 1 is 0.317 bits per heavy atom. The molecule has 6 heteroatoms. The number of hydrogen-bond acceptors (Lipinski definition) is 3. The van der Waals surface area contributed by atoms with Gasteiger partial charge in [-0.15, -0.1) is 0 Å². The molecular formula is C54H41N5Si. The van der Waals surface area contributed by atoms with Crippen LogP contribution in [0.4, 0.5) is 0 Å². The summed E-state index contributed by atoms with van der Waals surface area (Å²) in [6.07, 6.45) is 0. The minimum atomic E-state index is -1.41. The average molecular weight is 788 g/mol. The Balaban J connectivity index is 1.02. The summed E-state index contributed by atoms with van der Waals surface area (Å²) in [4.78, 5) is 14.8. The second-order valence-corrected chi connectivity index (χ2v) is 21.6. The van der Waals surface area contributed by atoms with Crippen LogP contribution in [-0.2, 0) is 0 Å². The number of rotatable bonds is 7. The number of benzene rings is 8. The van der Waals surface area contributed by atoms with Crippen molar-refractivity contribution in [1.29, 1.82) is 0 Å². The molecule has 11 rings (SSSR count). The van der Waals surface area contributed by atoms with Gasteiger partial charge < -0.3 is 9.13 Å². The molecule has 286 valence electrons. The van der Waals surface area contributed by atoms with Gasteiger partial charge in [0.25, 0.3) is 0 Å². The maximum absolute atomic E-state index is 4.98. The van der Waals surface area contributed by atoms with Crippen LogP contribution in [-0.4, -0.2) is 32.2 Å². The van der Waals surface area contributed by atoms with Crippen LogP contribution in [0.15, 0.2) is 194 Å². The Morgan fingerprint density at radius 2 is 0.717 bits per heavy atom. The largest absolute Gasteiger partial charge is 0.309 e. The zero-order chi connectivity index (χ0) is 40.4. The molecule has 0 N–H and O–H groups in total. The molecule has 5 nitrogen and oxygen atoms in total. The van der Waals surface area contributed by atoms with Gasteiger partial charge in [-0.1, -0.05) is 152 Å². The van der Waals surface area contributed by atoms with Crippen molar-refractivity contribution in [3.05, 3.63) is 194 Å². The third-order valence-corrected chi connectivity index (χ3v) is 13.8. The van der Waals surface area contributed by atoms with Crippen molar-refractivity contribution in [2.24, 2.45) is 0 Å². The van der Waals surface area contributed by atoms with E-state index < -0.39 is 8.07 Å². The lowest BCUT2D eigenvalue weighted by Gasteiger charge is -2.17. The molecule has 0 fully saturated rings. The second kappa shape index (κ2) is 14.2. The van der Waals surface area contributed by atoms with E-state index in [4.69, 9.17) is 15.0 Å². The average Bonchev–Trinajstić information content (AvgIpc) is 3.81. The zero-order valence-electron chi connectivity index (χ0n) is 33.7. The Bertz CT molecular complexity index is 3320. The number of fused-ring (bicyclic) bond motifs is 6. The molecule has 0 spiro atoms. The van der Waals surface area contributed by atoms with E-state index in [1.54, 1.807) is 0 Å². The van der Waals surface area contributed by atoms with Gasteiger partial charge in [0, 0.05) is 49.6 Å². The Labute approximate surface area is 349 Å². The Morgan fingerprint density at radius 3 is 1.28 bits per heavy atom. The van der Waals surface area contributed by atoms with Crippen LogP contribution in [0, 0.1) is 0 Å². The van der Waals surface area contributed by atoms with Gasteiger partial charge in [0.1, 0.15) is 0 Å². The maximum Gasteiger partial charge on any atom is 0.164 e. The highest BCUT2D eigenvalue weighted by atomic mass is 28.3. The van der Waals surface area contributed by atoms with Gasteiger partial charge in [-0.05, 0) is 77.9 Å². The van der Waals surface area contributed by atoms with Crippen molar-refractivity contribution in [2.45, 2.75) is 19.6 Å². The highest BCUT2D eigenvalue weighted by Crippen LogP contribution is 2.38. The molecule has 0 unspecified atom stereocenters. The molecule has 3 aromatic heterocycles. The minimum absolute atomic E-state index is 0.638. The molecule has 0 atom stereocenters. The lowest BCUT2D eigenvalue weighted by molar-refractivity contribution is 1.07. The zero-order valence-corrected chi connectivity index (χ0v) is 34.7. The van der Waals surface area contributed by atoms with Crippen molar-refractivity contribution in [3.63, 3.8) is 0 Å². The maximum atomic E-state index is 4.98. The van der Waals surface area contributed by atoms with Gasteiger partial charge in [-0.25, -0.2) is 15.0 Å². The van der Waals surface area contributed by atoms with Crippen LogP contribution in [0.25, 0.3) is 100 Å². The quantitative estimate of drug-likeness (QED) is 0.151. The van der Waals surface area contributed by atoms with Crippen molar-refractivity contribution < 1.29 is 0 Å². The predicted octanol–water partition coefficient (Wildman–Crippen LogP) is 13.3. The molecule has 0 aliphatic rings. The van der Waals surface area contributed by atoms with E-state index in [0.717, 1.165) is 33.4 Å². The molecule has 11 aromatic rings. The molecule has 0 saturated heterocycles. The van der Waals surface area contributed by atoms with Gasteiger partial charge in [-0.3, -0.25) is 0 Å². The smallest absolute Gasteiger partial charge is 0.164 e. The monoisotopic (exact) mass is 787 g/mol. The fourth-order valence-corrected chi connectivity index (χ4v) is 9.83. The number of para-hydroxylation sites is 2. The normalized spacial score (nSPS) is 11.9. The summed E-state index contributed by atoms with van der Waals surface area (Å²) < 4.78 is 4.79. The van der Waals surface area contributed by atoms with E-state index >= 15 is 0 Å². The summed E-state index contributed by atoms with van der Waals surface area (Å²) in [6, 6.07) is 69.4. The summed E-state index contributed by atoms with van der Waals surface area (Å²) in [7, 11) is -1.41. The Kier molecular flexibility index (Phi) is 8.43. The van der Waals surface area contributed by atoms with E-state index in [1.807, 2.05) is 60.7 Å². The minimum Gasteiger partial charge on any atom is -0.309 e. The first-order valence-electron chi connectivity index (χ1n) is 20.5. The first-order chi connectivity index (χ1) is 29.4. The van der Waals surface area contributed by atoms with Crippen LogP contribution in [0.1, 0.15) is 0 Å². The topological polar surface area (TPSA) is 48.5 Å². The number of aromatic nitrogens is 5. The second-order valence-electron chi connectivity index (χ2n) is 16.6. The Hall–Kier alpha value is -7.41. The first-order valence-corrected chi connectivity index (χ1v) is 24.0. The van der Waals surface area contributed by atoms with Gasteiger partial charge in [0.05, 0.1) is 30.1 Å². The van der Waals surface area contributed by atoms with Crippen molar-refractivity contribution in [3.8, 4) is 56.7 Å². The summed E-state index contributed by atoms with van der Waals surface area (Å²) in [6.45, 7) is 7.20. The lowest BCUT2D eigenvalue weighted by Crippen LogP contribution is -2.37. The van der Waals surface area contributed by atoms with Crippen LogP contribution in [0.5, 0.6) is 0 Å². The summed E-state index contributed by atoms with van der Waals surface area (Å²) in [5, 5.41) is 6.41. The fraction of sp³-hybridized carbons (Fsp3) is 0.0556. The van der Waals surface area contributed by atoms with E-state index in [0.29, 0.717) is 17.5 Å². The van der Waals surface area contributed by atoms with Crippen LogP contribution in [0.3, 0.4) is 0 Å². The summed E-state index contributed by atoms with van der Waals surface area (Å²) >= 11 is 0. The van der Waals surface area contributed by atoms with Gasteiger partial charge in [0.2, 0.25) is 0 Å². The molecule has 0 saturated carbocycles. The number of hydrogen-bond donors (Lipinski definition) is 0. The fourth-order valence-electron chi connectivity index (χ4n) is 8.67. The summed E-state index contributed by atoms with van der Waals surface area (Å²) in [5.41, 5.74) is 12.2. The molecular weight excluding hydrogens is 747 g/mol. The van der Waals surface area contributed by atoms with E-state index in [-0.39, 0.29) is 0 Å². The third kappa shape index (κ3) is 6.12. The first kappa shape index (κ1) is 35.7. The number of nitrogens with zero attached hydrogens (tertiary/aromatic N) is 5. The summed E-state index contributed by atoms with van der Waals surface area (Å²) in [5.74, 6) is 1.94. The highest BCUT2D eigenvalue weighted by molar-refractivity contribution is 6.88. The molecule has 0 bridgehead atoms. The third-order valence-electron chi connectivity index (χ3n) is 11.8. The van der Waals surface area contributed by atoms with Gasteiger partial charge in [-0.2, -0.15) is 0 Å². The molecule has 3 heterocycles. The van der Waals surface area contributed by atoms with Crippen LogP contribution in [0.2, 0.25) is 19.6 Å². The van der Waals surface area contributed by atoms with E-state index in [1.165, 1.54) is 54.6 Å². The van der Waals surface area contributed by atoms with E-state index in [2.05, 4.69) is 162 Å². The predicted molar refractivity (Wildman–Crippen MR) is 253 cm³/mol. The van der Waals surface area contributed by atoms with Crippen molar-refractivity contribution in [2.75, 3.05) is 0 Å². The molecule has 0 amide bonds. The van der Waals surface area contributed by atoms with Gasteiger partial charge >= 0.3 is 0 Å². The van der Waals surface area contributed by atoms with Crippen molar-refractivity contribution in [1.82, 2.24) is 24.1 Å². The lowest BCUT2D eigenvalue weighted by atomic mass is 10.0.